The van der Waals surface area contributed by atoms with Crippen LogP contribution in [-0.4, -0.2) is 9.97 Å². The molecule has 2 aromatic rings. The Bertz CT molecular complexity index is 469. The lowest BCUT2D eigenvalue weighted by molar-refractivity contribution is 1.21. The Morgan fingerprint density at radius 1 is 1.31 bits per heavy atom. The van der Waals surface area contributed by atoms with Gasteiger partial charge in [0.1, 0.15) is 6.33 Å². The van der Waals surface area contributed by atoms with Gasteiger partial charge in [-0.25, -0.2) is 14.7 Å². The predicted molar refractivity (Wildman–Crippen MR) is 54.4 cm³/mol. The van der Waals surface area contributed by atoms with E-state index in [4.69, 9.17) is 5.73 Å². The minimum atomic E-state index is 0.592. The average Bonchev–Trinajstić information content (AvgIpc) is 2.17. The van der Waals surface area contributed by atoms with Crippen molar-refractivity contribution in [1.29, 1.82) is 0 Å². The summed E-state index contributed by atoms with van der Waals surface area (Å²) in [5.74, 6) is 0.592. The van der Waals surface area contributed by atoms with E-state index in [-0.39, 0.29) is 0 Å². The molecule has 0 spiro atoms. The Morgan fingerprint density at radius 3 is 2.92 bits per heavy atom. The molecule has 1 aromatic carbocycles. The number of hydrogen-bond acceptors (Lipinski definition) is 4. The molecule has 0 atom stereocenters. The Morgan fingerprint density at radius 2 is 2.15 bits per heavy atom. The third-order valence-corrected chi connectivity index (χ3v) is 1.96. The van der Waals surface area contributed by atoms with Crippen LogP contribution in [0.4, 0.5) is 11.5 Å². The van der Waals surface area contributed by atoms with Crippen LogP contribution >= 0.6 is 9.03 Å². The van der Waals surface area contributed by atoms with Crippen molar-refractivity contribution in [2.45, 2.75) is 0 Å². The second kappa shape index (κ2) is 3.07. The minimum absolute atomic E-state index is 0.592. The molecule has 0 unspecified atom stereocenters. The van der Waals surface area contributed by atoms with Crippen LogP contribution in [-0.2, 0) is 0 Å². The van der Waals surface area contributed by atoms with Gasteiger partial charge in [0, 0.05) is 11.1 Å². The van der Waals surface area contributed by atoms with Crippen LogP contribution in [0.5, 0.6) is 0 Å². The van der Waals surface area contributed by atoms with Gasteiger partial charge < -0.3 is 5.73 Å². The van der Waals surface area contributed by atoms with Gasteiger partial charge in [-0.3, -0.25) is 0 Å². The fraction of sp³-hybridized carbons (Fsp3) is 0. The molecule has 2 N–H and O–H groups in total. The van der Waals surface area contributed by atoms with Crippen LogP contribution in [0.1, 0.15) is 0 Å². The fourth-order valence-corrected chi connectivity index (χ4v) is 1.33. The normalized spacial score (nSPS) is 10.2. The van der Waals surface area contributed by atoms with Gasteiger partial charge in [0.15, 0.2) is 5.82 Å². The van der Waals surface area contributed by atoms with Crippen molar-refractivity contribution in [2.75, 3.05) is 5.73 Å². The molecule has 0 saturated carbocycles. The maximum absolute atomic E-state index is 5.63. The summed E-state index contributed by atoms with van der Waals surface area (Å²) < 4.78 is 3.84. The summed E-state index contributed by atoms with van der Waals surface area (Å²) in [6, 6.07) is 5.44. The van der Waals surface area contributed by atoms with E-state index >= 15 is 0 Å². The standard InChI is InChI=1S/C8H7N4P/c9-5-1-2-7-6(3-5)8(12-13)11-4-10-7/h1-4,13H,9H2. The molecule has 13 heavy (non-hydrogen) atoms. The molecule has 1 aromatic heterocycles. The van der Waals surface area contributed by atoms with Crippen molar-refractivity contribution < 1.29 is 0 Å². The molecule has 0 saturated heterocycles. The van der Waals surface area contributed by atoms with Crippen LogP contribution < -0.4 is 5.73 Å². The molecule has 2 rings (SSSR count). The highest BCUT2D eigenvalue weighted by molar-refractivity contribution is 7.04. The van der Waals surface area contributed by atoms with Crippen LogP contribution in [0.15, 0.2) is 29.3 Å². The Labute approximate surface area is 77.1 Å². The molecule has 0 fully saturated rings. The zero-order valence-electron chi connectivity index (χ0n) is 6.73. The molecular formula is C8H7N4P. The number of nitrogens with zero attached hydrogens (tertiary/aromatic N) is 3. The van der Waals surface area contributed by atoms with Crippen LogP contribution in [0.25, 0.3) is 10.9 Å². The van der Waals surface area contributed by atoms with Crippen molar-refractivity contribution in [3.05, 3.63) is 24.5 Å². The lowest BCUT2D eigenvalue weighted by Gasteiger charge is -1.99. The third-order valence-electron chi connectivity index (χ3n) is 1.74. The third kappa shape index (κ3) is 1.36. The summed E-state index contributed by atoms with van der Waals surface area (Å²) in [5, 5.41) is 0.845. The Hall–Kier alpha value is -1.54. The summed E-state index contributed by atoms with van der Waals surface area (Å²) in [5.41, 5.74) is 7.15. The summed E-state index contributed by atoms with van der Waals surface area (Å²) in [4.78, 5) is 8.07. The molecule has 1 heterocycles. The second-order valence-electron chi connectivity index (χ2n) is 2.59. The van der Waals surface area contributed by atoms with E-state index < -0.39 is 0 Å². The SMILES string of the molecule is Nc1ccc2ncnc(N=P)c2c1. The maximum Gasteiger partial charge on any atom is 0.166 e. The maximum atomic E-state index is 5.63. The van der Waals surface area contributed by atoms with Gasteiger partial charge in [-0.05, 0) is 27.2 Å². The molecule has 0 aliphatic rings. The number of hydrogen-bond donors (Lipinski definition) is 1. The first kappa shape index (κ1) is 8.08. The molecule has 64 valence electrons. The topological polar surface area (TPSA) is 64.2 Å². The van der Waals surface area contributed by atoms with Crippen LogP contribution in [0.3, 0.4) is 0 Å². The monoisotopic (exact) mass is 190 g/mol. The van der Waals surface area contributed by atoms with Gasteiger partial charge in [-0.2, -0.15) is 0 Å². The molecule has 0 amide bonds. The van der Waals surface area contributed by atoms with Gasteiger partial charge in [-0.1, -0.05) is 0 Å². The van der Waals surface area contributed by atoms with Gasteiger partial charge in [0.2, 0.25) is 0 Å². The molecule has 0 aliphatic carbocycles. The lowest BCUT2D eigenvalue weighted by atomic mass is 10.2. The van der Waals surface area contributed by atoms with E-state index in [1.54, 1.807) is 12.1 Å². The van der Waals surface area contributed by atoms with Crippen LogP contribution in [0.2, 0.25) is 0 Å². The van der Waals surface area contributed by atoms with Crippen molar-refractivity contribution in [3.8, 4) is 0 Å². The number of anilines is 1. The number of benzene rings is 1. The summed E-state index contributed by atoms with van der Waals surface area (Å²) >= 11 is 0. The molecule has 0 bridgehead atoms. The van der Waals surface area contributed by atoms with E-state index in [0.29, 0.717) is 11.5 Å². The first-order valence-electron chi connectivity index (χ1n) is 3.69. The number of rotatable bonds is 1. The first-order valence-corrected chi connectivity index (χ1v) is 4.13. The first-order chi connectivity index (χ1) is 6.31. The summed E-state index contributed by atoms with van der Waals surface area (Å²) in [7, 11) is 3.05. The second-order valence-corrected chi connectivity index (χ2v) is 2.81. The fourth-order valence-electron chi connectivity index (χ4n) is 1.15. The largest absolute Gasteiger partial charge is 0.399 e. The van der Waals surface area contributed by atoms with Crippen molar-refractivity contribution in [2.24, 2.45) is 4.74 Å². The Balaban J connectivity index is 2.86. The average molecular weight is 190 g/mol. The molecule has 0 radical (unpaired) electrons. The highest BCUT2D eigenvalue weighted by Crippen LogP contribution is 2.24. The van der Waals surface area contributed by atoms with Crippen LogP contribution in [0, 0.1) is 0 Å². The quantitative estimate of drug-likeness (QED) is 0.553. The molecule has 5 heteroatoms. The van der Waals surface area contributed by atoms with Crippen molar-refractivity contribution in [1.82, 2.24) is 9.97 Å². The lowest BCUT2D eigenvalue weighted by Crippen LogP contribution is -1.86. The van der Waals surface area contributed by atoms with Crippen molar-refractivity contribution >= 4 is 31.4 Å². The number of fused-ring (bicyclic) bond motifs is 1. The van der Waals surface area contributed by atoms with Gasteiger partial charge in [-0.15, -0.1) is 0 Å². The smallest absolute Gasteiger partial charge is 0.166 e. The van der Waals surface area contributed by atoms with Gasteiger partial charge in [0.05, 0.1) is 5.52 Å². The highest BCUT2D eigenvalue weighted by atomic mass is 31.0. The Kier molecular flexibility index (Phi) is 1.91. The summed E-state index contributed by atoms with van der Waals surface area (Å²) in [6.45, 7) is 0. The van der Waals surface area contributed by atoms with E-state index in [2.05, 4.69) is 23.7 Å². The molecule has 0 aliphatic heterocycles. The summed E-state index contributed by atoms with van der Waals surface area (Å²) in [6.07, 6.45) is 1.47. The predicted octanol–water partition coefficient (Wildman–Crippen LogP) is 2.17. The van der Waals surface area contributed by atoms with E-state index in [9.17, 15) is 0 Å². The van der Waals surface area contributed by atoms with Gasteiger partial charge >= 0.3 is 0 Å². The molecule has 4 nitrogen and oxygen atoms in total. The van der Waals surface area contributed by atoms with Crippen molar-refractivity contribution in [3.63, 3.8) is 0 Å². The molecular weight excluding hydrogens is 183 g/mol. The van der Waals surface area contributed by atoms with E-state index in [0.717, 1.165) is 10.9 Å². The number of nitrogens with two attached hydrogens (primary N) is 1. The minimum Gasteiger partial charge on any atom is -0.399 e. The number of nitrogen functional groups attached to an aromatic ring is 1. The highest BCUT2D eigenvalue weighted by Gasteiger charge is 2.00. The number of aromatic nitrogens is 2. The van der Waals surface area contributed by atoms with Gasteiger partial charge in [0.25, 0.3) is 0 Å². The van der Waals surface area contributed by atoms with E-state index in [1.165, 1.54) is 6.33 Å². The zero-order valence-corrected chi connectivity index (χ0v) is 7.73. The van der Waals surface area contributed by atoms with E-state index in [1.807, 2.05) is 6.07 Å². The zero-order chi connectivity index (χ0) is 9.26.